The number of hydrogen-bond donors (Lipinski definition) is 1. The SMILES string of the molecule is Cc1cc(N(C)CCO)nc(N2CCOCC2)c1. The lowest BCUT2D eigenvalue weighted by molar-refractivity contribution is 0.122. The van der Waals surface area contributed by atoms with Crippen molar-refractivity contribution in [3.8, 4) is 0 Å². The Morgan fingerprint density at radius 1 is 1.39 bits per heavy atom. The smallest absolute Gasteiger partial charge is 0.131 e. The molecule has 0 amide bonds. The topological polar surface area (TPSA) is 48.8 Å². The van der Waals surface area contributed by atoms with Gasteiger partial charge in [-0.3, -0.25) is 0 Å². The molecule has 5 heteroatoms. The molecule has 1 fully saturated rings. The average molecular weight is 251 g/mol. The second-order valence-electron chi connectivity index (χ2n) is 4.61. The van der Waals surface area contributed by atoms with Gasteiger partial charge in [0.1, 0.15) is 11.6 Å². The van der Waals surface area contributed by atoms with Crippen molar-refractivity contribution in [1.82, 2.24) is 4.98 Å². The van der Waals surface area contributed by atoms with Crippen LogP contribution in [0.1, 0.15) is 5.56 Å². The summed E-state index contributed by atoms with van der Waals surface area (Å²) in [6.45, 7) is 6.11. The molecule has 1 aromatic heterocycles. The molecule has 0 saturated carbocycles. The number of aromatic nitrogens is 1. The predicted molar refractivity (Wildman–Crippen MR) is 72.4 cm³/mol. The molecule has 0 spiro atoms. The Morgan fingerprint density at radius 2 is 2.11 bits per heavy atom. The number of aryl methyl sites for hydroxylation is 1. The summed E-state index contributed by atoms with van der Waals surface area (Å²) in [7, 11) is 1.95. The summed E-state index contributed by atoms with van der Waals surface area (Å²) in [6, 6.07) is 4.14. The highest BCUT2D eigenvalue weighted by Crippen LogP contribution is 2.20. The largest absolute Gasteiger partial charge is 0.395 e. The Morgan fingerprint density at radius 3 is 2.78 bits per heavy atom. The average Bonchev–Trinajstić information content (AvgIpc) is 2.39. The Kier molecular flexibility index (Phi) is 4.38. The molecule has 18 heavy (non-hydrogen) atoms. The van der Waals surface area contributed by atoms with Crippen LogP contribution in [-0.4, -0.2) is 56.6 Å². The molecule has 0 unspecified atom stereocenters. The van der Waals surface area contributed by atoms with Crippen molar-refractivity contribution in [2.45, 2.75) is 6.92 Å². The second kappa shape index (κ2) is 6.02. The number of likely N-dealkylation sites (N-methyl/N-ethyl adjacent to an activating group) is 1. The molecule has 0 bridgehead atoms. The van der Waals surface area contributed by atoms with Crippen LogP contribution in [0.5, 0.6) is 0 Å². The van der Waals surface area contributed by atoms with E-state index in [1.165, 1.54) is 5.56 Å². The summed E-state index contributed by atoms with van der Waals surface area (Å²) in [5.74, 6) is 1.91. The third kappa shape index (κ3) is 3.11. The van der Waals surface area contributed by atoms with Crippen LogP contribution >= 0.6 is 0 Å². The molecule has 1 aliphatic rings. The minimum atomic E-state index is 0.138. The van der Waals surface area contributed by atoms with Crippen LogP contribution in [-0.2, 0) is 4.74 Å². The van der Waals surface area contributed by atoms with Crippen molar-refractivity contribution in [2.24, 2.45) is 0 Å². The fourth-order valence-electron chi connectivity index (χ4n) is 2.05. The summed E-state index contributed by atoms with van der Waals surface area (Å²) in [4.78, 5) is 8.87. The number of aliphatic hydroxyl groups excluding tert-OH is 1. The van der Waals surface area contributed by atoms with Gasteiger partial charge in [0, 0.05) is 26.7 Å². The molecule has 1 aromatic rings. The van der Waals surface area contributed by atoms with E-state index in [4.69, 9.17) is 9.84 Å². The van der Waals surface area contributed by atoms with Crippen molar-refractivity contribution in [3.05, 3.63) is 17.7 Å². The molecular weight excluding hydrogens is 230 g/mol. The van der Waals surface area contributed by atoms with Crippen LogP contribution in [0.4, 0.5) is 11.6 Å². The van der Waals surface area contributed by atoms with Gasteiger partial charge in [-0.15, -0.1) is 0 Å². The zero-order valence-electron chi connectivity index (χ0n) is 11.1. The minimum Gasteiger partial charge on any atom is -0.395 e. The second-order valence-corrected chi connectivity index (χ2v) is 4.61. The van der Waals surface area contributed by atoms with E-state index >= 15 is 0 Å². The number of ether oxygens (including phenoxy) is 1. The summed E-state index contributed by atoms with van der Waals surface area (Å²) >= 11 is 0. The summed E-state index contributed by atoms with van der Waals surface area (Å²) in [5.41, 5.74) is 1.19. The maximum absolute atomic E-state index is 8.99. The number of rotatable bonds is 4. The molecule has 1 aliphatic heterocycles. The molecular formula is C13H21N3O2. The van der Waals surface area contributed by atoms with Crippen molar-refractivity contribution < 1.29 is 9.84 Å². The van der Waals surface area contributed by atoms with Crippen LogP contribution in [0.15, 0.2) is 12.1 Å². The fourth-order valence-corrected chi connectivity index (χ4v) is 2.05. The van der Waals surface area contributed by atoms with E-state index in [0.29, 0.717) is 6.54 Å². The van der Waals surface area contributed by atoms with Crippen molar-refractivity contribution in [3.63, 3.8) is 0 Å². The Balaban J connectivity index is 2.19. The molecule has 5 nitrogen and oxygen atoms in total. The lowest BCUT2D eigenvalue weighted by Gasteiger charge is -2.29. The molecule has 1 N–H and O–H groups in total. The van der Waals surface area contributed by atoms with Crippen molar-refractivity contribution in [2.75, 3.05) is 56.3 Å². The van der Waals surface area contributed by atoms with Crippen molar-refractivity contribution in [1.29, 1.82) is 0 Å². The molecule has 0 atom stereocenters. The Bertz CT molecular complexity index is 392. The van der Waals surface area contributed by atoms with Gasteiger partial charge in [0.05, 0.1) is 19.8 Å². The van der Waals surface area contributed by atoms with Gasteiger partial charge < -0.3 is 19.6 Å². The van der Waals surface area contributed by atoms with E-state index in [-0.39, 0.29) is 6.61 Å². The van der Waals surface area contributed by atoms with E-state index in [9.17, 15) is 0 Å². The maximum Gasteiger partial charge on any atom is 0.131 e. The highest BCUT2D eigenvalue weighted by molar-refractivity contribution is 5.51. The molecule has 2 heterocycles. The van der Waals surface area contributed by atoms with E-state index in [2.05, 4.69) is 22.9 Å². The number of anilines is 2. The number of nitrogens with zero attached hydrogens (tertiary/aromatic N) is 3. The molecule has 0 radical (unpaired) electrons. The standard InChI is InChI=1S/C13H21N3O2/c1-11-9-12(15(2)3-6-17)14-13(10-11)16-4-7-18-8-5-16/h9-10,17H,3-8H2,1-2H3. The van der Waals surface area contributed by atoms with E-state index in [1.807, 2.05) is 18.0 Å². The number of hydrogen-bond acceptors (Lipinski definition) is 5. The summed E-state index contributed by atoms with van der Waals surface area (Å²) in [6.07, 6.45) is 0. The first kappa shape index (κ1) is 13.1. The third-order valence-electron chi connectivity index (χ3n) is 3.10. The highest BCUT2D eigenvalue weighted by atomic mass is 16.5. The summed E-state index contributed by atoms with van der Waals surface area (Å²) in [5, 5.41) is 8.99. The number of morpholine rings is 1. The zero-order valence-corrected chi connectivity index (χ0v) is 11.1. The highest BCUT2D eigenvalue weighted by Gasteiger charge is 2.14. The van der Waals surface area contributed by atoms with Gasteiger partial charge in [-0.2, -0.15) is 0 Å². The van der Waals surface area contributed by atoms with E-state index in [1.54, 1.807) is 0 Å². The third-order valence-corrected chi connectivity index (χ3v) is 3.10. The van der Waals surface area contributed by atoms with Gasteiger partial charge in [0.25, 0.3) is 0 Å². The van der Waals surface area contributed by atoms with Crippen LogP contribution < -0.4 is 9.80 Å². The lowest BCUT2D eigenvalue weighted by Crippen LogP contribution is -2.37. The van der Waals surface area contributed by atoms with Gasteiger partial charge in [0.2, 0.25) is 0 Å². The number of pyridine rings is 1. The predicted octanol–water partition coefficient (Wildman–Crippen LogP) is 0.655. The van der Waals surface area contributed by atoms with Gasteiger partial charge in [-0.05, 0) is 24.6 Å². The van der Waals surface area contributed by atoms with Gasteiger partial charge in [0.15, 0.2) is 0 Å². The Hall–Kier alpha value is -1.33. The van der Waals surface area contributed by atoms with E-state index in [0.717, 1.165) is 37.9 Å². The van der Waals surface area contributed by atoms with Crippen LogP contribution in [0.2, 0.25) is 0 Å². The van der Waals surface area contributed by atoms with Crippen LogP contribution in [0.25, 0.3) is 0 Å². The van der Waals surface area contributed by atoms with Gasteiger partial charge in [-0.25, -0.2) is 4.98 Å². The molecule has 1 saturated heterocycles. The van der Waals surface area contributed by atoms with Crippen LogP contribution in [0.3, 0.4) is 0 Å². The lowest BCUT2D eigenvalue weighted by atomic mass is 10.2. The first-order valence-electron chi connectivity index (χ1n) is 6.34. The quantitative estimate of drug-likeness (QED) is 0.851. The molecule has 100 valence electrons. The summed E-state index contributed by atoms with van der Waals surface area (Å²) < 4.78 is 5.35. The van der Waals surface area contributed by atoms with Crippen molar-refractivity contribution >= 4 is 11.6 Å². The van der Waals surface area contributed by atoms with Gasteiger partial charge in [-0.1, -0.05) is 0 Å². The van der Waals surface area contributed by atoms with Gasteiger partial charge >= 0.3 is 0 Å². The maximum atomic E-state index is 8.99. The normalized spacial score (nSPS) is 15.8. The fraction of sp³-hybridized carbons (Fsp3) is 0.615. The molecule has 2 rings (SSSR count). The monoisotopic (exact) mass is 251 g/mol. The zero-order chi connectivity index (χ0) is 13.0. The Labute approximate surface area is 108 Å². The molecule has 0 aromatic carbocycles. The van der Waals surface area contributed by atoms with E-state index < -0.39 is 0 Å². The number of aliphatic hydroxyl groups is 1. The van der Waals surface area contributed by atoms with Crippen LogP contribution in [0, 0.1) is 6.92 Å². The molecule has 0 aliphatic carbocycles. The first-order valence-corrected chi connectivity index (χ1v) is 6.34. The first-order chi connectivity index (χ1) is 8.70. The minimum absolute atomic E-state index is 0.138.